The van der Waals surface area contributed by atoms with Crippen molar-refractivity contribution >= 4 is 0 Å². The van der Waals surface area contributed by atoms with Gasteiger partial charge in [-0.1, -0.05) is 26.8 Å². The molecule has 3 nitrogen and oxygen atoms in total. The number of fused-ring (bicyclic) bond motifs is 1. The van der Waals surface area contributed by atoms with Gasteiger partial charge in [0.15, 0.2) is 11.5 Å². The molecule has 1 atom stereocenters. The van der Waals surface area contributed by atoms with E-state index in [0.29, 0.717) is 11.8 Å². The maximum atomic E-state index is 5.76. The molecule has 1 heterocycles. The van der Waals surface area contributed by atoms with Crippen molar-refractivity contribution in [3.8, 4) is 11.5 Å². The summed E-state index contributed by atoms with van der Waals surface area (Å²) < 4.78 is 11.4. The Hall–Kier alpha value is -1.22. The summed E-state index contributed by atoms with van der Waals surface area (Å²) >= 11 is 0. The van der Waals surface area contributed by atoms with E-state index in [-0.39, 0.29) is 0 Å². The van der Waals surface area contributed by atoms with Gasteiger partial charge >= 0.3 is 0 Å². The third kappa shape index (κ3) is 4.41. The van der Waals surface area contributed by atoms with Crippen molar-refractivity contribution in [1.29, 1.82) is 0 Å². The lowest BCUT2D eigenvalue weighted by Gasteiger charge is -2.15. The Morgan fingerprint density at radius 1 is 1.10 bits per heavy atom. The third-order valence-electron chi connectivity index (χ3n) is 3.65. The molecule has 1 N–H and O–H groups in total. The van der Waals surface area contributed by atoms with Gasteiger partial charge in [0.1, 0.15) is 0 Å². The molecule has 1 aromatic carbocycles. The standard InChI is InChI=1S/C17H27NO2/c1-13(2)12-18-8-7-14(3)15-5-6-16-17(11-15)20-10-4-9-19-16/h5-6,11,13-14,18H,4,7-10,12H2,1-3H3. The molecule has 1 aliphatic rings. The van der Waals surface area contributed by atoms with Gasteiger partial charge < -0.3 is 14.8 Å². The number of hydrogen-bond acceptors (Lipinski definition) is 3. The molecule has 0 saturated carbocycles. The molecule has 3 heteroatoms. The molecular weight excluding hydrogens is 250 g/mol. The van der Waals surface area contributed by atoms with Gasteiger partial charge in [-0.3, -0.25) is 0 Å². The Balaban J connectivity index is 1.89. The molecule has 0 saturated heterocycles. The molecule has 1 aromatic rings. The molecule has 0 aliphatic carbocycles. The first kappa shape index (κ1) is 15.2. The largest absolute Gasteiger partial charge is 0.490 e. The van der Waals surface area contributed by atoms with Crippen LogP contribution in [0.5, 0.6) is 11.5 Å². The second-order valence-electron chi connectivity index (χ2n) is 6.04. The molecular formula is C17H27NO2. The van der Waals surface area contributed by atoms with Crippen molar-refractivity contribution in [2.24, 2.45) is 5.92 Å². The van der Waals surface area contributed by atoms with Gasteiger partial charge in [0.2, 0.25) is 0 Å². The van der Waals surface area contributed by atoms with E-state index < -0.39 is 0 Å². The first-order chi connectivity index (χ1) is 9.66. The van der Waals surface area contributed by atoms with Crippen LogP contribution >= 0.6 is 0 Å². The summed E-state index contributed by atoms with van der Waals surface area (Å²) in [6, 6.07) is 6.36. The lowest BCUT2D eigenvalue weighted by Crippen LogP contribution is -2.21. The SMILES string of the molecule is CC(C)CNCCC(C)c1ccc2c(c1)OCCCO2. The quantitative estimate of drug-likeness (QED) is 0.806. The molecule has 0 spiro atoms. The van der Waals surface area contributed by atoms with E-state index in [1.807, 2.05) is 6.07 Å². The summed E-state index contributed by atoms with van der Waals surface area (Å²) in [6.07, 6.45) is 2.10. The van der Waals surface area contributed by atoms with Crippen LogP contribution in [0.4, 0.5) is 0 Å². The number of benzene rings is 1. The van der Waals surface area contributed by atoms with E-state index in [1.165, 1.54) is 5.56 Å². The number of ether oxygens (including phenoxy) is 2. The van der Waals surface area contributed by atoms with E-state index in [9.17, 15) is 0 Å². The second-order valence-corrected chi connectivity index (χ2v) is 6.04. The third-order valence-corrected chi connectivity index (χ3v) is 3.65. The molecule has 0 aromatic heterocycles. The highest BCUT2D eigenvalue weighted by Gasteiger charge is 2.13. The minimum atomic E-state index is 0.534. The number of rotatable bonds is 6. The lowest BCUT2D eigenvalue weighted by molar-refractivity contribution is 0.297. The molecule has 0 radical (unpaired) electrons. The Kier molecular flexibility index (Phi) is 5.72. The smallest absolute Gasteiger partial charge is 0.161 e. The summed E-state index contributed by atoms with van der Waals surface area (Å²) in [7, 11) is 0. The summed E-state index contributed by atoms with van der Waals surface area (Å²) in [6.45, 7) is 10.4. The van der Waals surface area contributed by atoms with Crippen molar-refractivity contribution in [3.05, 3.63) is 23.8 Å². The fourth-order valence-corrected chi connectivity index (χ4v) is 2.36. The minimum Gasteiger partial charge on any atom is -0.490 e. The Labute approximate surface area is 122 Å². The fourth-order valence-electron chi connectivity index (χ4n) is 2.36. The van der Waals surface area contributed by atoms with Gasteiger partial charge in [-0.2, -0.15) is 0 Å². The van der Waals surface area contributed by atoms with Gasteiger partial charge in [0.25, 0.3) is 0 Å². The van der Waals surface area contributed by atoms with Gasteiger partial charge in [-0.25, -0.2) is 0 Å². The van der Waals surface area contributed by atoms with Gasteiger partial charge in [0, 0.05) is 6.42 Å². The van der Waals surface area contributed by atoms with Crippen molar-refractivity contribution in [3.63, 3.8) is 0 Å². The average Bonchev–Trinajstić information content (AvgIpc) is 2.67. The maximum Gasteiger partial charge on any atom is 0.161 e. The van der Waals surface area contributed by atoms with Crippen LogP contribution in [0.3, 0.4) is 0 Å². The molecule has 112 valence electrons. The molecule has 0 bridgehead atoms. The lowest BCUT2D eigenvalue weighted by atomic mass is 9.97. The van der Waals surface area contributed by atoms with E-state index in [0.717, 1.165) is 50.6 Å². The first-order valence-electron chi connectivity index (χ1n) is 7.77. The van der Waals surface area contributed by atoms with Crippen molar-refractivity contribution in [2.75, 3.05) is 26.3 Å². The summed E-state index contributed by atoms with van der Waals surface area (Å²) in [5.41, 5.74) is 1.33. The van der Waals surface area contributed by atoms with Crippen LogP contribution in [-0.4, -0.2) is 26.3 Å². The van der Waals surface area contributed by atoms with Crippen LogP contribution in [0.1, 0.15) is 45.1 Å². The summed E-state index contributed by atoms with van der Waals surface area (Å²) in [5.74, 6) is 3.04. The number of hydrogen-bond donors (Lipinski definition) is 1. The average molecular weight is 277 g/mol. The van der Waals surface area contributed by atoms with Crippen LogP contribution in [0.25, 0.3) is 0 Å². The second kappa shape index (κ2) is 7.53. The van der Waals surface area contributed by atoms with Crippen LogP contribution in [-0.2, 0) is 0 Å². The van der Waals surface area contributed by atoms with E-state index in [2.05, 4.69) is 38.2 Å². The highest BCUT2D eigenvalue weighted by atomic mass is 16.5. The van der Waals surface area contributed by atoms with Crippen LogP contribution in [0.2, 0.25) is 0 Å². The zero-order valence-electron chi connectivity index (χ0n) is 12.9. The van der Waals surface area contributed by atoms with E-state index >= 15 is 0 Å². The molecule has 20 heavy (non-hydrogen) atoms. The van der Waals surface area contributed by atoms with Gasteiger partial charge in [-0.05, 0) is 49.0 Å². The predicted molar refractivity (Wildman–Crippen MR) is 82.8 cm³/mol. The zero-order valence-corrected chi connectivity index (χ0v) is 12.9. The highest BCUT2D eigenvalue weighted by molar-refractivity contribution is 5.44. The molecule has 0 amide bonds. The molecule has 0 fully saturated rings. The fraction of sp³-hybridized carbons (Fsp3) is 0.647. The molecule has 1 aliphatic heterocycles. The van der Waals surface area contributed by atoms with E-state index in [1.54, 1.807) is 0 Å². The summed E-state index contributed by atoms with van der Waals surface area (Å²) in [5, 5.41) is 3.50. The van der Waals surface area contributed by atoms with Crippen LogP contribution in [0.15, 0.2) is 18.2 Å². The van der Waals surface area contributed by atoms with Crippen LogP contribution in [0, 0.1) is 5.92 Å². The molecule has 2 rings (SSSR count). The minimum absolute atomic E-state index is 0.534. The van der Waals surface area contributed by atoms with Gasteiger partial charge in [0.05, 0.1) is 13.2 Å². The Bertz CT molecular complexity index is 417. The topological polar surface area (TPSA) is 30.5 Å². The highest BCUT2D eigenvalue weighted by Crippen LogP contribution is 2.33. The molecule has 1 unspecified atom stereocenters. The zero-order chi connectivity index (χ0) is 14.4. The summed E-state index contributed by atoms with van der Waals surface area (Å²) in [4.78, 5) is 0. The van der Waals surface area contributed by atoms with Crippen molar-refractivity contribution in [1.82, 2.24) is 5.32 Å². The maximum absolute atomic E-state index is 5.76. The van der Waals surface area contributed by atoms with Gasteiger partial charge in [-0.15, -0.1) is 0 Å². The normalized spacial score (nSPS) is 16.0. The monoisotopic (exact) mass is 277 g/mol. The Morgan fingerprint density at radius 2 is 1.85 bits per heavy atom. The van der Waals surface area contributed by atoms with Crippen LogP contribution < -0.4 is 14.8 Å². The van der Waals surface area contributed by atoms with Crippen molar-refractivity contribution < 1.29 is 9.47 Å². The first-order valence-corrected chi connectivity index (χ1v) is 7.77. The van der Waals surface area contributed by atoms with Crippen molar-refractivity contribution in [2.45, 2.75) is 39.5 Å². The Morgan fingerprint density at radius 3 is 2.60 bits per heavy atom. The number of nitrogens with one attached hydrogen (secondary N) is 1. The predicted octanol–water partition coefficient (Wildman–Crippen LogP) is 3.59. The van der Waals surface area contributed by atoms with E-state index in [4.69, 9.17) is 9.47 Å².